The first-order valence-corrected chi connectivity index (χ1v) is 8.20. The van der Waals surface area contributed by atoms with Gasteiger partial charge in [0.2, 0.25) is 10.0 Å². The summed E-state index contributed by atoms with van der Waals surface area (Å²) < 4.78 is 32.3. The van der Waals surface area contributed by atoms with Crippen LogP contribution in [0.4, 0.5) is 0 Å². The standard InChI is InChI=1S/C14H18N2O3S/c1-19-14-7-6-13(8-14)16-20(17,18)10-12-5-3-2-4-11(12)9-15/h2-5,13-14,16H,6-8,10H2,1H3. The topological polar surface area (TPSA) is 79.2 Å². The van der Waals surface area contributed by atoms with Crippen LogP contribution in [-0.2, 0) is 20.5 Å². The third-order valence-electron chi connectivity index (χ3n) is 3.55. The van der Waals surface area contributed by atoms with Crippen molar-refractivity contribution in [1.29, 1.82) is 5.26 Å². The van der Waals surface area contributed by atoms with Crippen LogP contribution in [0.5, 0.6) is 0 Å². The minimum Gasteiger partial charge on any atom is -0.381 e. The molecule has 0 aromatic heterocycles. The lowest BCUT2D eigenvalue weighted by molar-refractivity contribution is 0.107. The third-order valence-corrected chi connectivity index (χ3v) is 4.93. The van der Waals surface area contributed by atoms with E-state index in [4.69, 9.17) is 10.00 Å². The highest BCUT2D eigenvalue weighted by atomic mass is 32.2. The summed E-state index contributed by atoms with van der Waals surface area (Å²) >= 11 is 0. The van der Waals surface area contributed by atoms with Gasteiger partial charge in [0.15, 0.2) is 0 Å². The quantitative estimate of drug-likeness (QED) is 0.893. The Morgan fingerprint density at radius 3 is 2.80 bits per heavy atom. The van der Waals surface area contributed by atoms with Crippen molar-refractivity contribution in [2.75, 3.05) is 7.11 Å². The second-order valence-electron chi connectivity index (χ2n) is 5.01. The minimum atomic E-state index is -3.44. The summed E-state index contributed by atoms with van der Waals surface area (Å²) in [5.41, 5.74) is 0.933. The van der Waals surface area contributed by atoms with E-state index >= 15 is 0 Å². The third kappa shape index (κ3) is 3.79. The number of sulfonamides is 1. The van der Waals surface area contributed by atoms with Crippen LogP contribution in [0, 0.1) is 11.3 Å². The van der Waals surface area contributed by atoms with Gasteiger partial charge in [0.25, 0.3) is 0 Å². The summed E-state index contributed by atoms with van der Waals surface area (Å²) in [4.78, 5) is 0. The fourth-order valence-electron chi connectivity index (χ4n) is 2.52. The molecule has 0 saturated heterocycles. The van der Waals surface area contributed by atoms with Crippen LogP contribution in [0.1, 0.15) is 30.4 Å². The number of nitrogens with zero attached hydrogens (tertiary/aromatic N) is 1. The van der Waals surface area contributed by atoms with Gasteiger partial charge in [0.1, 0.15) is 0 Å². The molecule has 1 aliphatic carbocycles. The Balaban J connectivity index is 2.03. The van der Waals surface area contributed by atoms with Gasteiger partial charge in [-0.2, -0.15) is 5.26 Å². The molecule has 0 heterocycles. The lowest BCUT2D eigenvalue weighted by Crippen LogP contribution is -2.34. The molecule has 1 aliphatic rings. The van der Waals surface area contributed by atoms with Crippen molar-refractivity contribution < 1.29 is 13.2 Å². The molecule has 2 atom stereocenters. The number of benzene rings is 1. The van der Waals surface area contributed by atoms with E-state index in [1.54, 1.807) is 31.4 Å². The van der Waals surface area contributed by atoms with Crippen LogP contribution in [-0.4, -0.2) is 27.7 Å². The molecule has 1 saturated carbocycles. The van der Waals surface area contributed by atoms with Crippen LogP contribution in [0.25, 0.3) is 0 Å². The van der Waals surface area contributed by atoms with Gasteiger partial charge >= 0.3 is 0 Å². The maximum atomic E-state index is 12.2. The molecule has 2 unspecified atom stereocenters. The van der Waals surface area contributed by atoms with Crippen molar-refractivity contribution >= 4 is 10.0 Å². The van der Waals surface area contributed by atoms with Crippen LogP contribution < -0.4 is 4.72 Å². The molecule has 0 amide bonds. The van der Waals surface area contributed by atoms with E-state index in [9.17, 15) is 8.42 Å². The fraction of sp³-hybridized carbons (Fsp3) is 0.500. The van der Waals surface area contributed by atoms with Gasteiger partial charge in [-0.05, 0) is 30.9 Å². The summed E-state index contributed by atoms with van der Waals surface area (Å²) in [6.45, 7) is 0. The highest BCUT2D eigenvalue weighted by molar-refractivity contribution is 7.88. The molecule has 20 heavy (non-hydrogen) atoms. The molecule has 1 aromatic carbocycles. The summed E-state index contributed by atoms with van der Waals surface area (Å²) in [5.74, 6) is -0.162. The van der Waals surface area contributed by atoms with Crippen molar-refractivity contribution in [3.63, 3.8) is 0 Å². The Bertz CT molecular complexity index is 607. The van der Waals surface area contributed by atoms with Crippen molar-refractivity contribution in [2.45, 2.75) is 37.2 Å². The first-order valence-electron chi connectivity index (χ1n) is 6.55. The number of hydrogen-bond acceptors (Lipinski definition) is 4. The SMILES string of the molecule is COC1CCC(NS(=O)(=O)Cc2ccccc2C#N)C1. The molecule has 2 rings (SSSR count). The molecule has 108 valence electrons. The number of ether oxygens (including phenoxy) is 1. The van der Waals surface area contributed by atoms with Crippen LogP contribution >= 0.6 is 0 Å². The van der Waals surface area contributed by atoms with E-state index in [1.807, 2.05) is 6.07 Å². The van der Waals surface area contributed by atoms with Crippen molar-refractivity contribution in [1.82, 2.24) is 4.72 Å². The Kier molecular flexibility index (Phi) is 4.76. The van der Waals surface area contributed by atoms with Gasteiger partial charge in [0, 0.05) is 13.2 Å². The highest BCUT2D eigenvalue weighted by Crippen LogP contribution is 2.22. The van der Waals surface area contributed by atoms with Gasteiger partial charge in [-0.15, -0.1) is 0 Å². The average molecular weight is 294 g/mol. The highest BCUT2D eigenvalue weighted by Gasteiger charge is 2.28. The summed E-state index contributed by atoms with van der Waals surface area (Å²) in [5, 5.41) is 8.98. The molecule has 0 radical (unpaired) electrons. The van der Waals surface area contributed by atoms with E-state index in [2.05, 4.69) is 4.72 Å². The predicted molar refractivity (Wildman–Crippen MR) is 75.4 cm³/mol. The van der Waals surface area contributed by atoms with Crippen LogP contribution in [0.3, 0.4) is 0 Å². The zero-order chi connectivity index (χ0) is 14.6. The van der Waals surface area contributed by atoms with Crippen molar-refractivity contribution in [3.8, 4) is 6.07 Å². The number of nitrogens with one attached hydrogen (secondary N) is 1. The molecule has 6 heteroatoms. The van der Waals surface area contributed by atoms with Crippen molar-refractivity contribution in [2.24, 2.45) is 0 Å². The molecular formula is C14H18N2O3S. The maximum absolute atomic E-state index is 12.2. The Morgan fingerprint density at radius 1 is 1.40 bits per heavy atom. The number of hydrogen-bond donors (Lipinski definition) is 1. The van der Waals surface area contributed by atoms with E-state index in [-0.39, 0.29) is 17.9 Å². The zero-order valence-corrected chi connectivity index (χ0v) is 12.2. The summed E-state index contributed by atoms with van der Waals surface area (Å²) in [7, 11) is -1.80. The molecule has 1 N–H and O–H groups in total. The van der Waals surface area contributed by atoms with Gasteiger partial charge in [-0.1, -0.05) is 18.2 Å². The smallest absolute Gasteiger partial charge is 0.216 e. The molecule has 0 aliphatic heterocycles. The maximum Gasteiger partial charge on any atom is 0.216 e. The average Bonchev–Trinajstić information content (AvgIpc) is 2.85. The Labute approximate surface area is 119 Å². The fourth-order valence-corrected chi connectivity index (χ4v) is 3.98. The summed E-state index contributed by atoms with van der Waals surface area (Å²) in [6.07, 6.45) is 2.50. The number of methoxy groups -OCH3 is 1. The largest absolute Gasteiger partial charge is 0.381 e. The van der Waals surface area contributed by atoms with Crippen LogP contribution in [0.15, 0.2) is 24.3 Å². The molecule has 0 spiro atoms. The second kappa shape index (κ2) is 6.35. The molecular weight excluding hydrogens is 276 g/mol. The minimum absolute atomic E-state index is 0.0702. The summed E-state index contributed by atoms with van der Waals surface area (Å²) in [6, 6.07) is 8.71. The zero-order valence-electron chi connectivity index (χ0n) is 11.4. The van der Waals surface area contributed by atoms with E-state index < -0.39 is 10.0 Å². The van der Waals surface area contributed by atoms with Gasteiger partial charge < -0.3 is 4.74 Å². The normalized spacial score (nSPS) is 22.6. The monoisotopic (exact) mass is 294 g/mol. The van der Waals surface area contributed by atoms with Crippen molar-refractivity contribution in [3.05, 3.63) is 35.4 Å². The molecule has 1 aromatic rings. The predicted octanol–water partition coefficient (Wildman–Crippen LogP) is 1.55. The van der Waals surface area contributed by atoms with Crippen LogP contribution in [0.2, 0.25) is 0 Å². The number of rotatable bonds is 5. The van der Waals surface area contributed by atoms with E-state index in [0.717, 1.165) is 12.8 Å². The van der Waals surface area contributed by atoms with Gasteiger partial charge in [-0.25, -0.2) is 13.1 Å². The second-order valence-corrected chi connectivity index (χ2v) is 6.77. The first kappa shape index (κ1) is 15.0. The molecule has 1 fully saturated rings. The van der Waals surface area contributed by atoms with Gasteiger partial charge in [-0.3, -0.25) is 0 Å². The number of nitriles is 1. The molecule has 5 nitrogen and oxygen atoms in total. The lowest BCUT2D eigenvalue weighted by Gasteiger charge is -2.13. The van der Waals surface area contributed by atoms with E-state index in [1.165, 1.54) is 0 Å². The first-order chi connectivity index (χ1) is 9.54. The lowest BCUT2D eigenvalue weighted by atomic mass is 10.1. The Hall–Kier alpha value is -1.42. The van der Waals surface area contributed by atoms with Gasteiger partial charge in [0.05, 0.1) is 23.5 Å². The Morgan fingerprint density at radius 2 is 2.15 bits per heavy atom. The molecule has 0 bridgehead atoms. The van der Waals surface area contributed by atoms with E-state index in [0.29, 0.717) is 17.5 Å².